The average Bonchev–Trinajstić information content (AvgIpc) is 2.79. The van der Waals surface area contributed by atoms with Crippen molar-refractivity contribution in [2.45, 2.75) is 45.3 Å². The summed E-state index contributed by atoms with van der Waals surface area (Å²) in [6.07, 6.45) is 3.44. The summed E-state index contributed by atoms with van der Waals surface area (Å²) in [5, 5.41) is 13.4. The Bertz CT molecular complexity index is 270. The van der Waals surface area contributed by atoms with Crippen LogP contribution in [0.5, 0.6) is 0 Å². The van der Waals surface area contributed by atoms with Gasteiger partial charge in [0.25, 0.3) is 0 Å². The molecule has 2 N–H and O–H groups in total. The second-order valence-electron chi connectivity index (χ2n) is 3.94. The van der Waals surface area contributed by atoms with Crippen molar-refractivity contribution >= 4 is 11.3 Å². The Labute approximate surface area is 95.6 Å². The van der Waals surface area contributed by atoms with E-state index in [1.54, 1.807) is 11.3 Å². The molecule has 15 heavy (non-hydrogen) atoms. The van der Waals surface area contributed by atoms with Crippen LogP contribution in [0, 0.1) is 0 Å². The molecule has 0 spiro atoms. The number of aliphatic hydroxyl groups is 1. The highest BCUT2D eigenvalue weighted by Crippen LogP contribution is 2.19. The molecule has 0 aromatic carbocycles. The van der Waals surface area contributed by atoms with Gasteiger partial charge in [0.15, 0.2) is 0 Å². The van der Waals surface area contributed by atoms with E-state index >= 15 is 0 Å². The van der Waals surface area contributed by atoms with Crippen molar-refractivity contribution in [3.63, 3.8) is 0 Å². The Morgan fingerprint density at radius 3 is 2.67 bits per heavy atom. The normalized spacial score (nSPS) is 14.1. The number of hydrogen-bond acceptors (Lipinski definition) is 4. The summed E-state index contributed by atoms with van der Waals surface area (Å²) in [5.41, 5.74) is 1.26. The summed E-state index contributed by atoms with van der Waals surface area (Å²) in [7, 11) is 0. The molecule has 0 saturated heterocycles. The first kappa shape index (κ1) is 12.6. The predicted octanol–water partition coefficient (Wildman–Crippen LogP) is 2.34. The molecule has 1 aromatic rings. The van der Waals surface area contributed by atoms with E-state index < -0.39 is 5.60 Å². The second kappa shape index (κ2) is 5.58. The second-order valence-corrected chi connectivity index (χ2v) is 4.86. The molecule has 1 heterocycles. The fourth-order valence-corrected chi connectivity index (χ4v) is 2.04. The van der Waals surface area contributed by atoms with Gasteiger partial charge in [0.2, 0.25) is 0 Å². The van der Waals surface area contributed by atoms with E-state index in [0.29, 0.717) is 6.54 Å². The third kappa shape index (κ3) is 3.55. The first-order chi connectivity index (χ1) is 7.11. The molecular formula is C11H20N2OS. The van der Waals surface area contributed by atoms with Crippen LogP contribution >= 0.6 is 11.3 Å². The van der Waals surface area contributed by atoms with Gasteiger partial charge in [-0.2, -0.15) is 0 Å². The van der Waals surface area contributed by atoms with Crippen molar-refractivity contribution in [3.05, 3.63) is 16.6 Å². The topological polar surface area (TPSA) is 45.1 Å². The van der Waals surface area contributed by atoms with E-state index in [4.69, 9.17) is 0 Å². The van der Waals surface area contributed by atoms with Gasteiger partial charge in [-0.25, -0.2) is 0 Å². The minimum Gasteiger partial charge on any atom is -0.389 e. The van der Waals surface area contributed by atoms with E-state index in [9.17, 15) is 5.11 Å². The smallest absolute Gasteiger partial charge is 0.0794 e. The molecular weight excluding hydrogens is 208 g/mol. The number of hydrogen-bond donors (Lipinski definition) is 2. The third-order valence-corrected chi connectivity index (χ3v) is 3.89. The lowest BCUT2D eigenvalue weighted by atomic mass is 9.97. The van der Waals surface area contributed by atoms with Crippen molar-refractivity contribution in [2.24, 2.45) is 0 Å². The maximum atomic E-state index is 10.1. The molecule has 0 aliphatic heterocycles. The molecule has 1 atom stereocenters. The van der Waals surface area contributed by atoms with Crippen LogP contribution in [-0.2, 0) is 0 Å². The largest absolute Gasteiger partial charge is 0.389 e. The summed E-state index contributed by atoms with van der Waals surface area (Å²) >= 11 is 1.64. The van der Waals surface area contributed by atoms with E-state index in [-0.39, 0.29) is 6.04 Å². The summed E-state index contributed by atoms with van der Waals surface area (Å²) in [6.45, 7) is 6.77. The lowest BCUT2D eigenvalue weighted by Crippen LogP contribution is -2.40. The molecule has 0 saturated carbocycles. The molecule has 0 bridgehead atoms. The van der Waals surface area contributed by atoms with Crippen LogP contribution in [0.3, 0.4) is 0 Å². The number of rotatable bonds is 6. The molecule has 0 aliphatic carbocycles. The summed E-state index contributed by atoms with van der Waals surface area (Å²) in [4.78, 5) is 5.26. The lowest BCUT2D eigenvalue weighted by molar-refractivity contribution is 0.0304. The van der Waals surface area contributed by atoms with Crippen LogP contribution in [0.4, 0.5) is 0 Å². The highest BCUT2D eigenvalue weighted by molar-refractivity contribution is 7.09. The van der Waals surface area contributed by atoms with Crippen LogP contribution in [0.25, 0.3) is 0 Å². The molecule has 1 aromatic heterocycles. The Kier molecular flexibility index (Phi) is 4.70. The first-order valence-corrected chi connectivity index (χ1v) is 6.33. The molecule has 0 fully saturated rings. The van der Waals surface area contributed by atoms with E-state index in [2.05, 4.69) is 17.2 Å². The Balaban J connectivity index is 2.43. The number of thiazole rings is 1. The van der Waals surface area contributed by atoms with Gasteiger partial charge in [-0.15, -0.1) is 11.3 Å². The fourth-order valence-electron chi connectivity index (χ4n) is 1.38. The van der Waals surface area contributed by atoms with Gasteiger partial charge in [-0.05, 0) is 19.8 Å². The fraction of sp³-hybridized carbons (Fsp3) is 0.727. The van der Waals surface area contributed by atoms with Gasteiger partial charge < -0.3 is 10.4 Å². The Morgan fingerprint density at radius 1 is 1.53 bits per heavy atom. The third-order valence-electron chi connectivity index (χ3n) is 2.93. The number of nitrogens with zero attached hydrogens (tertiary/aromatic N) is 1. The van der Waals surface area contributed by atoms with Crippen molar-refractivity contribution in [1.29, 1.82) is 0 Å². The quantitative estimate of drug-likeness (QED) is 0.785. The molecule has 1 rings (SSSR count). The van der Waals surface area contributed by atoms with Crippen molar-refractivity contribution in [1.82, 2.24) is 10.3 Å². The van der Waals surface area contributed by atoms with E-state index in [1.165, 1.54) is 4.88 Å². The predicted molar refractivity (Wildman–Crippen MR) is 64.1 cm³/mol. The molecule has 0 aliphatic rings. The van der Waals surface area contributed by atoms with Gasteiger partial charge in [-0.3, -0.25) is 4.98 Å². The standard InChI is InChI=1S/C11H20N2OS/c1-4-11(14,5-2)7-13-9(3)10-6-12-8-15-10/h6,8-9,13-14H,4-5,7H2,1-3H3. The summed E-state index contributed by atoms with van der Waals surface area (Å²) in [5.74, 6) is 0. The van der Waals surface area contributed by atoms with E-state index in [1.807, 2.05) is 25.6 Å². The zero-order valence-electron chi connectivity index (χ0n) is 9.66. The molecule has 86 valence electrons. The molecule has 3 nitrogen and oxygen atoms in total. The zero-order valence-corrected chi connectivity index (χ0v) is 10.5. The average molecular weight is 228 g/mol. The molecule has 4 heteroatoms. The van der Waals surface area contributed by atoms with Crippen LogP contribution in [-0.4, -0.2) is 22.2 Å². The van der Waals surface area contributed by atoms with Crippen molar-refractivity contribution in [2.75, 3.05) is 6.54 Å². The SMILES string of the molecule is CCC(O)(CC)CNC(C)c1cncs1. The number of aromatic nitrogens is 1. The highest BCUT2D eigenvalue weighted by Gasteiger charge is 2.22. The van der Waals surface area contributed by atoms with Gasteiger partial charge >= 0.3 is 0 Å². The Morgan fingerprint density at radius 2 is 2.20 bits per heavy atom. The van der Waals surface area contributed by atoms with Crippen LogP contribution in [0.2, 0.25) is 0 Å². The van der Waals surface area contributed by atoms with Gasteiger partial charge in [0, 0.05) is 23.7 Å². The highest BCUT2D eigenvalue weighted by atomic mass is 32.1. The van der Waals surface area contributed by atoms with Crippen LogP contribution < -0.4 is 5.32 Å². The minimum absolute atomic E-state index is 0.266. The van der Waals surface area contributed by atoms with Crippen molar-refractivity contribution < 1.29 is 5.11 Å². The minimum atomic E-state index is -0.570. The molecule has 0 amide bonds. The van der Waals surface area contributed by atoms with E-state index in [0.717, 1.165) is 12.8 Å². The summed E-state index contributed by atoms with van der Waals surface area (Å²) < 4.78 is 0. The van der Waals surface area contributed by atoms with Gasteiger partial charge in [-0.1, -0.05) is 13.8 Å². The van der Waals surface area contributed by atoms with Crippen molar-refractivity contribution in [3.8, 4) is 0 Å². The first-order valence-electron chi connectivity index (χ1n) is 5.45. The van der Waals surface area contributed by atoms with Crippen LogP contribution in [0.1, 0.15) is 44.5 Å². The van der Waals surface area contributed by atoms with Crippen LogP contribution in [0.15, 0.2) is 11.7 Å². The molecule has 0 radical (unpaired) electrons. The number of nitrogens with one attached hydrogen (secondary N) is 1. The lowest BCUT2D eigenvalue weighted by Gasteiger charge is -2.27. The summed E-state index contributed by atoms with van der Waals surface area (Å²) in [6, 6.07) is 0.266. The maximum absolute atomic E-state index is 10.1. The maximum Gasteiger partial charge on any atom is 0.0794 e. The Hall–Kier alpha value is -0.450. The van der Waals surface area contributed by atoms with Gasteiger partial charge in [0.1, 0.15) is 0 Å². The zero-order chi connectivity index (χ0) is 11.3. The molecule has 1 unspecified atom stereocenters. The van der Waals surface area contributed by atoms with Gasteiger partial charge in [0.05, 0.1) is 11.1 Å². The monoisotopic (exact) mass is 228 g/mol.